The molecule has 1 heterocycles. The van der Waals surface area contributed by atoms with Crippen molar-refractivity contribution >= 4 is 18.0 Å². The van der Waals surface area contributed by atoms with Gasteiger partial charge in [-0.15, -0.1) is 0 Å². The maximum atomic E-state index is 12.7. The van der Waals surface area contributed by atoms with Crippen LogP contribution in [-0.2, 0) is 9.59 Å². The van der Waals surface area contributed by atoms with E-state index in [9.17, 15) is 9.59 Å². The van der Waals surface area contributed by atoms with Gasteiger partial charge in [0.15, 0.2) is 0 Å². The first-order valence-corrected chi connectivity index (χ1v) is 8.29. The molecule has 1 aromatic rings. The van der Waals surface area contributed by atoms with Crippen molar-refractivity contribution in [2.24, 2.45) is 40.6 Å². The highest BCUT2D eigenvalue weighted by Crippen LogP contribution is 2.65. The minimum atomic E-state index is -0.214. The average Bonchev–Trinajstić information content (AvgIpc) is 3.39. The van der Waals surface area contributed by atoms with Crippen LogP contribution in [0, 0.1) is 46.8 Å². The Bertz CT molecular complexity index is 812. The molecule has 0 spiro atoms. The molecule has 6 rings (SSSR count). The van der Waals surface area contributed by atoms with Crippen molar-refractivity contribution in [3.05, 3.63) is 47.5 Å². The molecule has 5 nitrogen and oxygen atoms in total. The number of benzene rings is 1. The SMILES string of the molecule is N#Cc1ccc(/C=N\N2C(=O)[C@@H]3[C@@H]4C=C[C@H]([C@H]5C[C@@H]45)[C@@H]3C2=O)cc1. The molecule has 118 valence electrons. The molecule has 0 aromatic heterocycles. The van der Waals surface area contributed by atoms with E-state index in [0.29, 0.717) is 17.4 Å². The first-order valence-electron chi connectivity index (χ1n) is 8.29. The summed E-state index contributed by atoms with van der Waals surface area (Å²) in [7, 11) is 0. The van der Waals surface area contributed by atoms with Gasteiger partial charge >= 0.3 is 0 Å². The van der Waals surface area contributed by atoms with Crippen LogP contribution in [0.15, 0.2) is 41.5 Å². The van der Waals surface area contributed by atoms with Gasteiger partial charge in [0.25, 0.3) is 11.8 Å². The minimum absolute atomic E-state index is 0.153. The zero-order valence-corrected chi connectivity index (χ0v) is 12.9. The summed E-state index contributed by atoms with van der Waals surface area (Å²) in [5.74, 6) is 0.900. The second kappa shape index (κ2) is 4.64. The second-order valence-electron chi connectivity index (χ2n) is 7.12. The van der Waals surface area contributed by atoms with Crippen LogP contribution in [0.25, 0.3) is 0 Å². The molecule has 1 aromatic carbocycles. The molecule has 0 N–H and O–H groups in total. The fourth-order valence-electron chi connectivity index (χ4n) is 4.82. The smallest absolute Gasteiger partial charge is 0.254 e. The van der Waals surface area contributed by atoms with Crippen LogP contribution in [0.2, 0.25) is 0 Å². The van der Waals surface area contributed by atoms with Gasteiger partial charge in [0.05, 0.1) is 29.7 Å². The Morgan fingerprint density at radius 3 is 2.17 bits per heavy atom. The van der Waals surface area contributed by atoms with E-state index in [-0.39, 0.29) is 35.5 Å². The number of hydrogen-bond donors (Lipinski definition) is 0. The summed E-state index contributed by atoms with van der Waals surface area (Å²) in [5, 5.41) is 14.1. The van der Waals surface area contributed by atoms with Crippen molar-refractivity contribution in [2.75, 3.05) is 0 Å². The third-order valence-corrected chi connectivity index (χ3v) is 6.00. The van der Waals surface area contributed by atoms with Crippen LogP contribution < -0.4 is 0 Å². The summed E-state index contributed by atoms with van der Waals surface area (Å²) < 4.78 is 0. The fourth-order valence-corrected chi connectivity index (χ4v) is 4.82. The number of allylic oxidation sites excluding steroid dienone is 2. The molecule has 1 saturated heterocycles. The van der Waals surface area contributed by atoms with Crippen LogP contribution in [-0.4, -0.2) is 23.0 Å². The van der Waals surface area contributed by atoms with Crippen molar-refractivity contribution < 1.29 is 9.59 Å². The van der Waals surface area contributed by atoms with Crippen LogP contribution in [0.5, 0.6) is 0 Å². The topological polar surface area (TPSA) is 73.5 Å². The van der Waals surface area contributed by atoms with Crippen molar-refractivity contribution in [3.8, 4) is 6.07 Å². The van der Waals surface area contributed by atoms with Gasteiger partial charge in [0, 0.05) is 0 Å². The highest BCUT2D eigenvalue weighted by Gasteiger charge is 2.67. The first-order chi connectivity index (χ1) is 11.7. The zero-order valence-electron chi connectivity index (χ0n) is 12.9. The number of carbonyl (C=O) groups is 2. The largest absolute Gasteiger partial charge is 0.272 e. The van der Waals surface area contributed by atoms with Crippen LogP contribution in [0.1, 0.15) is 17.5 Å². The third-order valence-electron chi connectivity index (χ3n) is 6.00. The number of carbonyl (C=O) groups excluding carboxylic acids is 2. The minimum Gasteiger partial charge on any atom is -0.272 e. The zero-order chi connectivity index (χ0) is 16.4. The molecule has 4 aliphatic carbocycles. The molecule has 3 fully saturated rings. The molecule has 24 heavy (non-hydrogen) atoms. The normalized spacial score (nSPS) is 38.4. The molecule has 6 atom stereocenters. The van der Waals surface area contributed by atoms with E-state index in [0.717, 1.165) is 17.0 Å². The first kappa shape index (κ1) is 13.7. The lowest BCUT2D eigenvalue weighted by atomic mass is 9.63. The van der Waals surface area contributed by atoms with Gasteiger partial charge in [-0.05, 0) is 47.8 Å². The van der Waals surface area contributed by atoms with Crippen LogP contribution in [0.3, 0.4) is 0 Å². The highest BCUT2D eigenvalue weighted by atomic mass is 16.2. The van der Waals surface area contributed by atoms with Gasteiger partial charge in [-0.2, -0.15) is 15.4 Å². The molecule has 2 bridgehead atoms. The average molecular weight is 317 g/mol. The number of nitriles is 1. The Labute approximate surface area is 139 Å². The van der Waals surface area contributed by atoms with Gasteiger partial charge in [0.1, 0.15) is 0 Å². The summed E-state index contributed by atoms with van der Waals surface area (Å²) in [6, 6.07) is 8.93. The van der Waals surface area contributed by atoms with Gasteiger partial charge < -0.3 is 0 Å². The molecule has 2 saturated carbocycles. The lowest BCUT2D eigenvalue weighted by Crippen LogP contribution is -2.40. The Balaban J connectivity index is 1.42. The lowest BCUT2D eigenvalue weighted by molar-refractivity contribution is -0.140. The molecule has 0 unspecified atom stereocenters. The Morgan fingerprint density at radius 2 is 1.62 bits per heavy atom. The summed E-state index contributed by atoms with van der Waals surface area (Å²) >= 11 is 0. The fraction of sp³-hybridized carbons (Fsp3) is 0.368. The summed E-state index contributed by atoms with van der Waals surface area (Å²) in [5.41, 5.74) is 1.32. The number of rotatable bonds is 2. The van der Waals surface area contributed by atoms with Crippen molar-refractivity contribution in [2.45, 2.75) is 6.42 Å². The monoisotopic (exact) mass is 317 g/mol. The van der Waals surface area contributed by atoms with Gasteiger partial charge in [-0.1, -0.05) is 24.3 Å². The van der Waals surface area contributed by atoms with E-state index in [1.165, 1.54) is 6.21 Å². The number of amides is 2. The van der Waals surface area contributed by atoms with E-state index in [4.69, 9.17) is 5.26 Å². The van der Waals surface area contributed by atoms with E-state index in [2.05, 4.69) is 23.3 Å². The molecular weight excluding hydrogens is 302 g/mol. The quantitative estimate of drug-likeness (QED) is 0.475. The van der Waals surface area contributed by atoms with Crippen molar-refractivity contribution in [3.63, 3.8) is 0 Å². The van der Waals surface area contributed by atoms with Crippen molar-refractivity contribution in [1.82, 2.24) is 5.01 Å². The maximum absolute atomic E-state index is 12.7. The van der Waals surface area contributed by atoms with Gasteiger partial charge in [-0.25, -0.2) is 0 Å². The number of hydrogen-bond acceptors (Lipinski definition) is 4. The Hall–Kier alpha value is -2.74. The number of imide groups is 1. The lowest BCUT2D eigenvalue weighted by Gasteiger charge is -2.37. The second-order valence-corrected chi connectivity index (χ2v) is 7.12. The number of hydrazone groups is 1. The summed E-state index contributed by atoms with van der Waals surface area (Å²) in [4.78, 5) is 25.5. The molecule has 5 aliphatic rings. The molecule has 2 amide bonds. The van der Waals surface area contributed by atoms with E-state index >= 15 is 0 Å². The molecule has 0 radical (unpaired) electrons. The molecule has 5 heteroatoms. The standard InChI is InChI=1S/C19H15N3O2/c20-8-10-1-3-11(4-2-10)9-21-22-18(23)16-12-5-6-13(15-7-14(12)15)17(16)19(22)24/h1-6,9,12-17H,7H2/b21-9-/t12-,13-,14-,15+,16+,17-/m1/s1. The summed E-state index contributed by atoms with van der Waals surface area (Å²) in [6.07, 6.45) is 6.98. The number of nitrogens with zero attached hydrogens (tertiary/aromatic N) is 3. The predicted octanol–water partition coefficient (Wildman–Crippen LogP) is 1.95. The van der Waals surface area contributed by atoms with E-state index in [1.54, 1.807) is 24.3 Å². The third kappa shape index (κ3) is 1.71. The maximum Gasteiger partial charge on any atom is 0.254 e. The summed E-state index contributed by atoms with van der Waals surface area (Å²) in [6.45, 7) is 0. The van der Waals surface area contributed by atoms with E-state index < -0.39 is 0 Å². The van der Waals surface area contributed by atoms with E-state index in [1.807, 2.05) is 0 Å². The van der Waals surface area contributed by atoms with Crippen molar-refractivity contribution in [1.29, 1.82) is 5.26 Å². The molecule has 1 aliphatic heterocycles. The highest BCUT2D eigenvalue weighted by molar-refractivity contribution is 6.06. The Kier molecular flexibility index (Phi) is 2.64. The van der Waals surface area contributed by atoms with Gasteiger partial charge in [-0.3, -0.25) is 9.59 Å². The van der Waals surface area contributed by atoms with Gasteiger partial charge in [0.2, 0.25) is 0 Å². The predicted molar refractivity (Wildman–Crippen MR) is 85.3 cm³/mol. The van der Waals surface area contributed by atoms with Crippen LogP contribution >= 0.6 is 0 Å². The Morgan fingerprint density at radius 1 is 1.04 bits per heavy atom. The molecular formula is C19H15N3O2. The van der Waals surface area contributed by atoms with Crippen LogP contribution in [0.4, 0.5) is 0 Å².